The van der Waals surface area contributed by atoms with Crippen LogP contribution in [0.4, 0.5) is 0 Å². The van der Waals surface area contributed by atoms with Crippen molar-refractivity contribution >= 4 is 17.3 Å². The minimum atomic E-state index is 0.233. The second-order valence-corrected chi connectivity index (χ2v) is 12.8. The first-order valence-corrected chi connectivity index (χ1v) is 15.2. The van der Waals surface area contributed by atoms with Gasteiger partial charge in [-0.05, 0) is 77.5 Å². The number of hydrogen-bond donors (Lipinski definition) is 2. The summed E-state index contributed by atoms with van der Waals surface area (Å²) < 4.78 is 0. The van der Waals surface area contributed by atoms with Crippen molar-refractivity contribution in [2.24, 2.45) is 11.5 Å². The first-order valence-electron chi connectivity index (χ1n) is 14.3. The summed E-state index contributed by atoms with van der Waals surface area (Å²) in [6.45, 7) is 25.6. The maximum absolute atomic E-state index is 5.59. The SMILES string of the molecule is C=C(S/C=C(\C)c1ccc2c(c1)C(C)(C)CCC2(C)C)N(CCC)CCC.CCCCCC(N)CN. The van der Waals surface area contributed by atoms with Crippen LogP contribution in [0.2, 0.25) is 0 Å². The number of thioether (sulfide) groups is 1. The van der Waals surface area contributed by atoms with Crippen LogP contribution in [-0.4, -0.2) is 30.6 Å². The molecule has 4 N–H and O–H groups in total. The predicted octanol–water partition coefficient (Wildman–Crippen LogP) is 8.58. The van der Waals surface area contributed by atoms with E-state index in [9.17, 15) is 0 Å². The third-order valence-electron chi connectivity index (χ3n) is 7.50. The van der Waals surface area contributed by atoms with E-state index in [2.05, 4.69) is 90.5 Å². The number of allylic oxidation sites excluding steroid dienone is 1. The van der Waals surface area contributed by atoms with E-state index in [1.807, 2.05) is 0 Å². The summed E-state index contributed by atoms with van der Waals surface area (Å²) >= 11 is 1.77. The average molecular weight is 516 g/mol. The molecule has 1 atom stereocenters. The Morgan fingerprint density at radius 1 is 1.00 bits per heavy atom. The van der Waals surface area contributed by atoms with Crippen molar-refractivity contribution in [3.63, 3.8) is 0 Å². The van der Waals surface area contributed by atoms with Crippen LogP contribution in [-0.2, 0) is 10.8 Å². The standard InChI is InChI=1S/C25H39NS.C7H18N2/c1-9-15-26(16-10-2)20(4)27-18-19(3)21-11-12-22-23(17-21)25(7,8)14-13-24(22,5)6;1-2-3-4-5-7(9)6-8/h11-12,17-18H,4,9-10,13-16H2,1-3,5-8H3;7H,2-6,8-9H2,1H3/b19-18+;. The number of nitrogens with zero attached hydrogens (tertiary/aromatic N) is 1. The maximum atomic E-state index is 5.59. The Hall–Kier alpha value is -1.23. The van der Waals surface area contributed by atoms with E-state index in [1.165, 1.54) is 54.4 Å². The summed E-state index contributed by atoms with van der Waals surface area (Å²) in [4.78, 5) is 2.41. The molecule has 0 fully saturated rings. The van der Waals surface area contributed by atoms with Crippen molar-refractivity contribution in [1.82, 2.24) is 4.90 Å². The predicted molar refractivity (Wildman–Crippen MR) is 165 cm³/mol. The van der Waals surface area contributed by atoms with Crippen LogP contribution in [0.3, 0.4) is 0 Å². The second kappa shape index (κ2) is 15.9. The lowest BCUT2D eigenvalue weighted by Gasteiger charge is -2.42. The highest BCUT2D eigenvalue weighted by atomic mass is 32.2. The first-order chi connectivity index (χ1) is 16.9. The van der Waals surface area contributed by atoms with E-state index < -0.39 is 0 Å². The zero-order valence-electron chi connectivity index (χ0n) is 24.9. The van der Waals surface area contributed by atoms with Crippen LogP contribution in [0.25, 0.3) is 5.57 Å². The normalized spacial score (nSPS) is 17.0. The lowest BCUT2D eigenvalue weighted by Crippen LogP contribution is -2.33. The Kier molecular flexibility index (Phi) is 14.5. The highest BCUT2D eigenvalue weighted by molar-refractivity contribution is 8.05. The van der Waals surface area contributed by atoms with E-state index in [-0.39, 0.29) is 16.9 Å². The molecular weight excluding hydrogens is 458 g/mol. The quantitative estimate of drug-likeness (QED) is 0.258. The third kappa shape index (κ3) is 10.3. The lowest BCUT2D eigenvalue weighted by molar-refractivity contribution is 0.332. The van der Waals surface area contributed by atoms with Crippen LogP contribution in [0, 0.1) is 0 Å². The van der Waals surface area contributed by atoms with Gasteiger partial charge in [0.1, 0.15) is 0 Å². The van der Waals surface area contributed by atoms with Gasteiger partial charge in [-0.1, -0.05) is 104 Å². The van der Waals surface area contributed by atoms with Gasteiger partial charge >= 0.3 is 0 Å². The Morgan fingerprint density at radius 3 is 2.11 bits per heavy atom. The average Bonchev–Trinajstić information content (AvgIpc) is 2.85. The van der Waals surface area contributed by atoms with Crippen LogP contribution in [0.5, 0.6) is 0 Å². The Bertz CT molecular complexity index is 819. The fourth-order valence-corrected chi connectivity index (χ4v) is 5.59. The number of nitrogens with two attached hydrogens (primary N) is 2. The molecule has 2 rings (SSSR count). The Morgan fingerprint density at radius 2 is 1.58 bits per heavy atom. The van der Waals surface area contributed by atoms with Gasteiger partial charge in [0.15, 0.2) is 0 Å². The van der Waals surface area contributed by atoms with E-state index in [1.54, 1.807) is 11.8 Å². The molecule has 1 aromatic carbocycles. The van der Waals surface area contributed by atoms with Gasteiger partial charge in [0.2, 0.25) is 0 Å². The molecule has 0 radical (unpaired) electrons. The van der Waals surface area contributed by atoms with Gasteiger partial charge in [-0.2, -0.15) is 0 Å². The number of hydrogen-bond acceptors (Lipinski definition) is 4. The molecule has 1 aromatic rings. The highest BCUT2D eigenvalue weighted by Crippen LogP contribution is 2.46. The van der Waals surface area contributed by atoms with E-state index in [4.69, 9.17) is 11.5 Å². The molecule has 4 heteroatoms. The molecule has 0 bridgehead atoms. The van der Waals surface area contributed by atoms with Gasteiger partial charge in [0, 0.05) is 25.7 Å². The van der Waals surface area contributed by atoms with Gasteiger partial charge in [0.05, 0.1) is 5.03 Å². The summed E-state index contributed by atoms with van der Waals surface area (Å²) in [5.41, 5.74) is 17.2. The molecule has 3 nitrogen and oxygen atoms in total. The van der Waals surface area contributed by atoms with Gasteiger partial charge in [-0.25, -0.2) is 0 Å². The molecule has 36 heavy (non-hydrogen) atoms. The summed E-state index contributed by atoms with van der Waals surface area (Å²) in [6, 6.07) is 7.37. The zero-order chi connectivity index (χ0) is 27.4. The molecule has 206 valence electrons. The lowest BCUT2D eigenvalue weighted by atomic mass is 9.63. The number of unbranched alkanes of at least 4 members (excludes halogenated alkanes) is 2. The minimum Gasteiger partial charge on any atom is -0.367 e. The summed E-state index contributed by atoms with van der Waals surface area (Å²) in [6.07, 6.45) is 9.72. The monoisotopic (exact) mass is 515 g/mol. The van der Waals surface area contributed by atoms with Gasteiger partial charge in [-0.15, -0.1) is 0 Å². The van der Waals surface area contributed by atoms with Crippen LogP contribution in [0.15, 0.2) is 35.2 Å². The fraction of sp³-hybridized carbons (Fsp3) is 0.688. The van der Waals surface area contributed by atoms with Crippen molar-refractivity contribution < 1.29 is 0 Å². The van der Waals surface area contributed by atoms with Crippen molar-refractivity contribution in [2.45, 2.75) is 124 Å². The molecule has 0 saturated heterocycles. The Labute approximate surface area is 228 Å². The summed E-state index contributed by atoms with van der Waals surface area (Å²) in [5.74, 6) is 0. The highest BCUT2D eigenvalue weighted by Gasteiger charge is 2.36. The van der Waals surface area contributed by atoms with E-state index in [0.717, 1.165) is 37.4 Å². The van der Waals surface area contributed by atoms with Crippen LogP contribution < -0.4 is 11.5 Å². The van der Waals surface area contributed by atoms with Crippen molar-refractivity contribution in [3.05, 3.63) is 51.9 Å². The molecule has 0 saturated carbocycles. The first kappa shape index (κ1) is 32.8. The van der Waals surface area contributed by atoms with E-state index in [0.29, 0.717) is 6.54 Å². The number of benzene rings is 1. The molecular formula is C32H57N3S. The number of rotatable bonds is 13. The van der Waals surface area contributed by atoms with Gasteiger partial charge in [-0.3, -0.25) is 0 Å². The molecule has 1 aliphatic rings. The van der Waals surface area contributed by atoms with Crippen molar-refractivity contribution in [1.29, 1.82) is 0 Å². The van der Waals surface area contributed by atoms with Crippen LogP contribution in [0.1, 0.15) is 123 Å². The second-order valence-electron chi connectivity index (χ2n) is 11.8. The minimum absolute atomic E-state index is 0.233. The molecule has 0 spiro atoms. The summed E-state index contributed by atoms with van der Waals surface area (Å²) in [7, 11) is 0. The van der Waals surface area contributed by atoms with Gasteiger partial charge < -0.3 is 16.4 Å². The van der Waals surface area contributed by atoms with Crippen molar-refractivity contribution in [3.8, 4) is 0 Å². The Balaban J connectivity index is 0.000000613. The molecule has 0 amide bonds. The van der Waals surface area contributed by atoms with Crippen LogP contribution >= 0.6 is 11.8 Å². The van der Waals surface area contributed by atoms with Gasteiger partial charge in [0.25, 0.3) is 0 Å². The topological polar surface area (TPSA) is 55.3 Å². The molecule has 0 aromatic heterocycles. The largest absolute Gasteiger partial charge is 0.367 e. The zero-order valence-corrected chi connectivity index (χ0v) is 25.7. The summed E-state index contributed by atoms with van der Waals surface area (Å²) in [5, 5.41) is 3.45. The number of fused-ring (bicyclic) bond motifs is 1. The third-order valence-corrected chi connectivity index (χ3v) is 8.50. The smallest absolute Gasteiger partial charge is 0.0676 e. The molecule has 0 aliphatic heterocycles. The molecule has 0 heterocycles. The molecule has 1 aliphatic carbocycles. The van der Waals surface area contributed by atoms with E-state index >= 15 is 0 Å². The maximum Gasteiger partial charge on any atom is 0.0676 e. The molecule has 1 unspecified atom stereocenters. The van der Waals surface area contributed by atoms with Crippen molar-refractivity contribution in [2.75, 3.05) is 19.6 Å². The fourth-order valence-electron chi connectivity index (χ4n) is 4.81.